The average Bonchev–Trinajstić information content (AvgIpc) is 2.48. The van der Waals surface area contributed by atoms with Gasteiger partial charge in [-0.15, -0.1) is 6.58 Å². The number of rotatable bonds is 5. The Hall–Kier alpha value is -2.33. The Bertz CT molecular complexity index is 564. The van der Waals surface area contributed by atoms with E-state index in [0.29, 0.717) is 11.7 Å². The van der Waals surface area contributed by atoms with Gasteiger partial charge in [-0.1, -0.05) is 24.3 Å². The Morgan fingerprint density at radius 3 is 2.20 bits per heavy atom. The molecule has 3 nitrogen and oxygen atoms in total. The standard InChI is InChI=1S/C16H17N3S/c1-2-12-17-16(20)19-15-10-8-14(9-11-15)18-13-6-4-3-5-7-13/h2-11,18H,1,12H2,(H2,17,19,20). The molecule has 0 spiro atoms. The van der Waals surface area contributed by atoms with Crippen LogP contribution in [0.15, 0.2) is 67.3 Å². The number of hydrogen-bond acceptors (Lipinski definition) is 2. The van der Waals surface area contributed by atoms with E-state index < -0.39 is 0 Å². The Labute approximate surface area is 124 Å². The van der Waals surface area contributed by atoms with Crippen LogP contribution in [-0.4, -0.2) is 11.7 Å². The van der Waals surface area contributed by atoms with Crippen molar-refractivity contribution in [3.63, 3.8) is 0 Å². The highest BCUT2D eigenvalue weighted by atomic mass is 32.1. The maximum absolute atomic E-state index is 5.15. The minimum atomic E-state index is 0.591. The summed E-state index contributed by atoms with van der Waals surface area (Å²) in [5.74, 6) is 0. The lowest BCUT2D eigenvalue weighted by molar-refractivity contribution is 1.06. The summed E-state index contributed by atoms with van der Waals surface area (Å²) in [4.78, 5) is 0. The third-order valence-corrected chi connectivity index (χ3v) is 2.86. The van der Waals surface area contributed by atoms with Crippen LogP contribution in [0.4, 0.5) is 17.1 Å². The van der Waals surface area contributed by atoms with Crippen molar-refractivity contribution in [3.05, 3.63) is 67.3 Å². The van der Waals surface area contributed by atoms with Gasteiger partial charge in [0, 0.05) is 23.6 Å². The summed E-state index contributed by atoms with van der Waals surface area (Å²) in [6.07, 6.45) is 1.76. The quantitative estimate of drug-likeness (QED) is 0.574. The van der Waals surface area contributed by atoms with Gasteiger partial charge in [-0.2, -0.15) is 0 Å². The second-order valence-corrected chi connectivity index (χ2v) is 4.60. The molecule has 0 atom stereocenters. The first kappa shape index (κ1) is 14.1. The third-order valence-electron chi connectivity index (χ3n) is 2.61. The van der Waals surface area contributed by atoms with Gasteiger partial charge in [0.1, 0.15) is 0 Å². The summed E-state index contributed by atoms with van der Waals surface area (Å²) in [5, 5.41) is 10.1. The van der Waals surface area contributed by atoms with E-state index in [1.165, 1.54) is 0 Å². The zero-order valence-corrected chi connectivity index (χ0v) is 11.9. The van der Waals surface area contributed by atoms with Crippen molar-refractivity contribution in [1.29, 1.82) is 0 Å². The number of para-hydroxylation sites is 1. The van der Waals surface area contributed by atoms with Crippen LogP contribution < -0.4 is 16.0 Å². The van der Waals surface area contributed by atoms with Crippen LogP contribution in [0.25, 0.3) is 0 Å². The molecule has 2 aromatic carbocycles. The molecule has 3 N–H and O–H groups in total. The van der Waals surface area contributed by atoms with Crippen molar-refractivity contribution >= 4 is 34.4 Å². The van der Waals surface area contributed by atoms with Gasteiger partial charge in [0.25, 0.3) is 0 Å². The molecule has 0 saturated heterocycles. The van der Waals surface area contributed by atoms with Gasteiger partial charge < -0.3 is 16.0 Å². The van der Waals surface area contributed by atoms with Crippen LogP contribution in [0.3, 0.4) is 0 Å². The molecule has 0 aliphatic heterocycles. The van der Waals surface area contributed by atoms with E-state index in [4.69, 9.17) is 12.2 Å². The monoisotopic (exact) mass is 283 g/mol. The number of benzene rings is 2. The largest absolute Gasteiger partial charge is 0.359 e. The molecule has 2 rings (SSSR count). The van der Waals surface area contributed by atoms with E-state index in [2.05, 4.69) is 22.5 Å². The van der Waals surface area contributed by atoms with Crippen molar-refractivity contribution in [2.75, 3.05) is 17.2 Å². The highest BCUT2D eigenvalue weighted by Crippen LogP contribution is 2.18. The highest BCUT2D eigenvalue weighted by Gasteiger charge is 1.97. The molecule has 0 saturated carbocycles. The fourth-order valence-electron chi connectivity index (χ4n) is 1.67. The van der Waals surface area contributed by atoms with E-state index in [9.17, 15) is 0 Å². The minimum Gasteiger partial charge on any atom is -0.359 e. The van der Waals surface area contributed by atoms with E-state index in [1.54, 1.807) is 6.08 Å². The summed E-state index contributed by atoms with van der Waals surface area (Å²) in [6, 6.07) is 18.0. The van der Waals surface area contributed by atoms with Crippen LogP contribution in [0.1, 0.15) is 0 Å². The van der Waals surface area contributed by atoms with Crippen molar-refractivity contribution in [2.24, 2.45) is 0 Å². The molecular weight excluding hydrogens is 266 g/mol. The van der Waals surface area contributed by atoms with Gasteiger partial charge in [-0.3, -0.25) is 0 Å². The van der Waals surface area contributed by atoms with Crippen molar-refractivity contribution in [3.8, 4) is 0 Å². The molecule has 4 heteroatoms. The Balaban J connectivity index is 1.93. The molecule has 0 heterocycles. The second kappa shape index (κ2) is 7.31. The molecule has 102 valence electrons. The molecule has 0 amide bonds. The smallest absolute Gasteiger partial charge is 0.171 e. The topological polar surface area (TPSA) is 36.1 Å². The van der Waals surface area contributed by atoms with Crippen molar-refractivity contribution < 1.29 is 0 Å². The van der Waals surface area contributed by atoms with Crippen LogP contribution in [0, 0.1) is 0 Å². The van der Waals surface area contributed by atoms with Gasteiger partial charge >= 0.3 is 0 Å². The first-order chi connectivity index (χ1) is 9.78. The summed E-state index contributed by atoms with van der Waals surface area (Å²) in [7, 11) is 0. The number of nitrogens with one attached hydrogen (secondary N) is 3. The highest BCUT2D eigenvalue weighted by molar-refractivity contribution is 7.80. The summed E-state index contributed by atoms with van der Waals surface area (Å²) in [5.41, 5.74) is 3.05. The van der Waals surface area contributed by atoms with Gasteiger partial charge in [0.15, 0.2) is 5.11 Å². The van der Waals surface area contributed by atoms with Gasteiger partial charge in [-0.25, -0.2) is 0 Å². The lowest BCUT2D eigenvalue weighted by Crippen LogP contribution is -2.28. The first-order valence-corrected chi connectivity index (χ1v) is 6.76. The van der Waals surface area contributed by atoms with Crippen molar-refractivity contribution in [2.45, 2.75) is 0 Å². The van der Waals surface area contributed by atoms with E-state index >= 15 is 0 Å². The lowest BCUT2D eigenvalue weighted by Gasteiger charge is -2.10. The third kappa shape index (κ3) is 4.40. The second-order valence-electron chi connectivity index (χ2n) is 4.19. The Kier molecular flexibility index (Phi) is 5.15. The van der Waals surface area contributed by atoms with Gasteiger partial charge in [0.05, 0.1) is 0 Å². The predicted molar refractivity (Wildman–Crippen MR) is 90.6 cm³/mol. The number of anilines is 3. The molecule has 0 bridgehead atoms. The molecule has 0 aliphatic rings. The number of thiocarbonyl (C=S) groups is 1. The average molecular weight is 283 g/mol. The van der Waals surface area contributed by atoms with E-state index in [-0.39, 0.29) is 0 Å². The van der Waals surface area contributed by atoms with Crippen molar-refractivity contribution in [1.82, 2.24) is 5.32 Å². The SMILES string of the molecule is C=CCNC(=S)Nc1ccc(Nc2ccccc2)cc1. The Morgan fingerprint density at radius 2 is 1.55 bits per heavy atom. The van der Waals surface area contributed by atoms with Crippen LogP contribution in [0.2, 0.25) is 0 Å². The van der Waals surface area contributed by atoms with Crippen LogP contribution in [0.5, 0.6) is 0 Å². The van der Waals surface area contributed by atoms with E-state index in [0.717, 1.165) is 17.1 Å². The molecule has 0 fully saturated rings. The maximum Gasteiger partial charge on any atom is 0.171 e. The van der Waals surface area contributed by atoms with Gasteiger partial charge in [0.2, 0.25) is 0 Å². The molecule has 20 heavy (non-hydrogen) atoms. The normalized spacial score (nSPS) is 9.60. The molecule has 0 radical (unpaired) electrons. The molecule has 0 aromatic heterocycles. The molecular formula is C16H17N3S. The van der Waals surface area contributed by atoms with Crippen LogP contribution >= 0.6 is 12.2 Å². The lowest BCUT2D eigenvalue weighted by atomic mass is 10.2. The van der Waals surface area contributed by atoms with Gasteiger partial charge in [-0.05, 0) is 48.6 Å². The van der Waals surface area contributed by atoms with Crippen LogP contribution in [-0.2, 0) is 0 Å². The summed E-state index contributed by atoms with van der Waals surface area (Å²) >= 11 is 5.15. The first-order valence-electron chi connectivity index (χ1n) is 6.36. The van der Waals surface area contributed by atoms with E-state index in [1.807, 2.05) is 54.6 Å². The molecule has 0 aliphatic carbocycles. The summed E-state index contributed by atoms with van der Waals surface area (Å²) in [6.45, 7) is 4.29. The maximum atomic E-state index is 5.15. The molecule has 0 unspecified atom stereocenters. The minimum absolute atomic E-state index is 0.591. The molecule has 2 aromatic rings. The zero-order valence-electron chi connectivity index (χ0n) is 11.1. The zero-order chi connectivity index (χ0) is 14.2. The Morgan fingerprint density at radius 1 is 0.950 bits per heavy atom. The fraction of sp³-hybridized carbons (Fsp3) is 0.0625. The number of hydrogen-bond donors (Lipinski definition) is 3. The summed E-state index contributed by atoms with van der Waals surface area (Å²) < 4.78 is 0. The fourth-order valence-corrected chi connectivity index (χ4v) is 1.87. The predicted octanol–water partition coefficient (Wildman–Crippen LogP) is 3.90.